The van der Waals surface area contributed by atoms with Crippen LogP contribution < -0.4 is 5.32 Å². The van der Waals surface area contributed by atoms with E-state index in [2.05, 4.69) is 17.4 Å². The fourth-order valence-electron chi connectivity index (χ4n) is 4.27. The molecule has 1 aromatic heterocycles. The van der Waals surface area contributed by atoms with Crippen LogP contribution in [0.25, 0.3) is 0 Å². The lowest BCUT2D eigenvalue weighted by Gasteiger charge is -2.37. The number of rotatable bonds is 3. The van der Waals surface area contributed by atoms with E-state index in [9.17, 15) is 9.59 Å². The Bertz CT molecular complexity index is 1080. The molecule has 0 fully saturated rings. The van der Waals surface area contributed by atoms with Crippen LogP contribution in [0.5, 0.6) is 0 Å². The summed E-state index contributed by atoms with van der Waals surface area (Å²) in [7, 11) is 0. The van der Waals surface area contributed by atoms with Crippen LogP contribution in [0.2, 0.25) is 0 Å². The molecular weight excluding hydrogens is 396 g/mol. The zero-order valence-electron chi connectivity index (χ0n) is 16.4. The summed E-state index contributed by atoms with van der Waals surface area (Å²) in [6, 6.07) is 18.9. The van der Waals surface area contributed by atoms with E-state index in [0.29, 0.717) is 13.0 Å². The van der Waals surface area contributed by atoms with Gasteiger partial charge in [-0.1, -0.05) is 42.5 Å². The summed E-state index contributed by atoms with van der Waals surface area (Å²) < 4.78 is 5.34. The van der Waals surface area contributed by atoms with Crippen molar-refractivity contribution in [3.05, 3.63) is 89.4 Å². The lowest BCUT2D eigenvalue weighted by molar-refractivity contribution is -0.127. The van der Waals surface area contributed by atoms with Gasteiger partial charge in [0.2, 0.25) is 5.91 Å². The summed E-state index contributed by atoms with van der Waals surface area (Å²) in [5, 5.41) is 3.23. The van der Waals surface area contributed by atoms with E-state index in [1.54, 1.807) is 17.0 Å². The van der Waals surface area contributed by atoms with Crippen molar-refractivity contribution in [1.82, 2.24) is 10.2 Å². The van der Waals surface area contributed by atoms with Crippen molar-refractivity contribution >= 4 is 23.6 Å². The topological polar surface area (TPSA) is 62.6 Å². The summed E-state index contributed by atoms with van der Waals surface area (Å²) in [4.78, 5) is 29.4. The Labute approximate surface area is 179 Å². The summed E-state index contributed by atoms with van der Waals surface area (Å²) >= 11 is 1.82. The van der Waals surface area contributed by atoms with Gasteiger partial charge in [-0.25, -0.2) is 0 Å². The zero-order valence-corrected chi connectivity index (χ0v) is 17.2. The maximum Gasteiger partial charge on any atom is 0.290 e. The molecule has 6 heteroatoms. The molecule has 152 valence electrons. The van der Waals surface area contributed by atoms with E-state index in [4.69, 9.17) is 4.42 Å². The fraction of sp³-hybridized carbons (Fsp3) is 0.250. The molecule has 0 spiro atoms. The zero-order chi connectivity index (χ0) is 20.5. The quantitative estimate of drug-likeness (QED) is 0.693. The van der Waals surface area contributed by atoms with Gasteiger partial charge in [0.15, 0.2) is 5.76 Å². The number of carbonyl (C=O) groups is 2. The second kappa shape index (κ2) is 8.03. The highest BCUT2D eigenvalue weighted by Gasteiger charge is 2.37. The van der Waals surface area contributed by atoms with Crippen LogP contribution in [0.4, 0.5) is 0 Å². The summed E-state index contributed by atoms with van der Waals surface area (Å²) in [6.45, 7) is 0.394. The minimum Gasteiger partial charge on any atom is -0.459 e. The van der Waals surface area contributed by atoms with E-state index >= 15 is 0 Å². The third-order valence-electron chi connectivity index (χ3n) is 5.82. The van der Waals surface area contributed by atoms with Gasteiger partial charge in [-0.2, -0.15) is 0 Å². The van der Waals surface area contributed by atoms with Crippen LogP contribution in [-0.4, -0.2) is 28.5 Å². The van der Waals surface area contributed by atoms with Gasteiger partial charge >= 0.3 is 0 Å². The Kier molecular flexibility index (Phi) is 5.09. The molecular formula is C24H22N2O3S. The Hall–Kier alpha value is -2.99. The van der Waals surface area contributed by atoms with Crippen molar-refractivity contribution in [1.29, 1.82) is 0 Å². The second-order valence-electron chi connectivity index (χ2n) is 7.64. The number of furan rings is 1. The molecule has 3 heterocycles. The number of nitrogens with zero attached hydrogens (tertiary/aromatic N) is 1. The van der Waals surface area contributed by atoms with Crippen LogP contribution in [0.15, 0.2) is 76.2 Å². The molecule has 5 rings (SSSR count). The first kappa shape index (κ1) is 19.0. The van der Waals surface area contributed by atoms with Crippen LogP contribution >= 0.6 is 11.8 Å². The molecule has 0 saturated carbocycles. The number of fused-ring (bicyclic) bond motifs is 2. The number of hydrogen-bond donors (Lipinski definition) is 1. The first-order valence-electron chi connectivity index (χ1n) is 10.1. The molecule has 5 nitrogen and oxygen atoms in total. The highest BCUT2D eigenvalue weighted by atomic mass is 32.2. The molecule has 0 saturated heterocycles. The molecule has 2 aromatic carbocycles. The van der Waals surface area contributed by atoms with Gasteiger partial charge in [0.05, 0.1) is 12.3 Å². The van der Waals surface area contributed by atoms with Gasteiger partial charge in [0.25, 0.3) is 5.91 Å². The first-order valence-corrected chi connectivity index (χ1v) is 11.1. The molecule has 30 heavy (non-hydrogen) atoms. The summed E-state index contributed by atoms with van der Waals surface area (Å²) in [6.07, 6.45) is 2.86. The molecule has 2 atom stereocenters. The Balaban J connectivity index is 1.43. The van der Waals surface area contributed by atoms with Crippen molar-refractivity contribution < 1.29 is 14.0 Å². The Morgan fingerprint density at radius 2 is 1.80 bits per heavy atom. The predicted octanol–water partition coefficient (Wildman–Crippen LogP) is 4.20. The van der Waals surface area contributed by atoms with Crippen molar-refractivity contribution in [3.8, 4) is 0 Å². The van der Waals surface area contributed by atoms with Crippen molar-refractivity contribution in [3.63, 3.8) is 0 Å². The predicted molar refractivity (Wildman–Crippen MR) is 115 cm³/mol. The monoisotopic (exact) mass is 418 g/mol. The maximum absolute atomic E-state index is 13.4. The van der Waals surface area contributed by atoms with E-state index in [1.165, 1.54) is 11.2 Å². The molecule has 0 bridgehead atoms. The third kappa shape index (κ3) is 3.52. The number of hydrogen-bond acceptors (Lipinski definition) is 4. The Morgan fingerprint density at radius 3 is 2.63 bits per heavy atom. The molecule has 0 unspecified atom stereocenters. The number of thioether (sulfide) groups is 1. The second-order valence-corrected chi connectivity index (χ2v) is 8.77. The molecule has 2 aliphatic rings. The lowest BCUT2D eigenvalue weighted by Crippen LogP contribution is -2.53. The third-order valence-corrected chi connectivity index (χ3v) is 6.94. The standard InChI is InChI=1S/C24H22N2O3S/c27-23(25-19-11-13-30-22-10-4-3-8-18(19)22)20-14-16-6-1-2-7-17(16)15-26(20)24(28)21-9-5-12-29-21/h1-10,12,19-20H,11,13-15H2,(H,25,27)/t19-,20-/m1/s1. The van der Waals surface area contributed by atoms with E-state index < -0.39 is 6.04 Å². The lowest BCUT2D eigenvalue weighted by atomic mass is 9.92. The summed E-state index contributed by atoms with van der Waals surface area (Å²) in [5.74, 6) is 0.849. The van der Waals surface area contributed by atoms with Crippen molar-refractivity contribution in [2.75, 3.05) is 5.75 Å². The van der Waals surface area contributed by atoms with Crippen LogP contribution in [0.1, 0.15) is 39.7 Å². The van der Waals surface area contributed by atoms with Crippen LogP contribution in [0.3, 0.4) is 0 Å². The van der Waals surface area contributed by atoms with Crippen molar-refractivity contribution in [2.45, 2.75) is 36.4 Å². The molecule has 1 N–H and O–H groups in total. The fourth-order valence-corrected chi connectivity index (χ4v) is 5.40. The van der Waals surface area contributed by atoms with Gasteiger partial charge in [0.1, 0.15) is 6.04 Å². The van der Waals surface area contributed by atoms with Gasteiger partial charge in [-0.3, -0.25) is 9.59 Å². The van der Waals surface area contributed by atoms with E-state index in [-0.39, 0.29) is 23.6 Å². The largest absolute Gasteiger partial charge is 0.459 e. The minimum absolute atomic E-state index is 0.0346. The molecule has 2 aliphatic heterocycles. The number of nitrogens with one attached hydrogen (secondary N) is 1. The average Bonchev–Trinajstić information content (AvgIpc) is 3.33. The summed E-state index contributed by atoms with van der Waals surface area (Å²) in [5.41, 5.74) is 3.34. The van der Waals surface area contributed by atoms with Gasteiger partial charge in [0, 0.05) is 23.6 Å². The van der Waals surface area contributed by atoms with E-state index in [0.717, 1.165) is 28.9 Å². The Morgan fingerprint density at radius 1 is 1.00 bits per heavy atom. The molecule has 2 amide bonds. The highest BCUT2D eigenvalue weighted by molar-refractivity contribution is 7.99. The minimum atomic E-state index is -0.570. The van der Waals surface area contributed by atoms with Crippen LogP contribution in [-0.2, 0) is 17.8 Å². The molecule has 0 aliphatic carbocycles. The molecule has 3 aromatic rings. The van der Waals surface area contributed by atoms with Gasteiger partial charge < -0.3 is 14.6 Å². The SMILES string of the molecule is O=C(N[C@@H]1CCSc2ccccc21)[C@H]1Cc2ccccc2CN1C(=O)c1ccco1. The van der Waals surface area contributed by atoms with Gasteiger partial charge in [-0.05, 0) is 41.3 Å². The maximum atomic E-state index is 13.4. The number of benzene rings is 2. The van der Waals surface area contributed by atoms with Gasteiger partial charge in [-0.15, -0.1) is 11.8 Å². The average molecular weight is 419 g/mol. The smallest absolute Gasteiger partial charge is 0.290 e. The van der Waals surface area contributed by atoms with E-state index in [1.807, 2.05) is 48.2 Å². The first-order chi connectivity index (χ1) is 14.7. The number of carbonyl (C=O) groups excluding carboxylic acids is 2. The molecule has 0 radical (unpaired) electrons. The van der Waals surface area contributed by atoms with Crippen LogP contribution in [0, 0.1) is 0 Å². The van der Waals surface area contributed by atoms with Crippen molar-refractivity contribution in [2.24, 2.45) is 0 Å². The normalized spacial score (nSPS) is 20.2. The highest BCUT2D eigenvalue weighted by Crippen LogP contribution is 2.36. The number of amides is 2.